The van der Waals surface area contributed by atoms with Gasteiger partial charge in [0.25, 0.3) is 0 Å². The first-order valence-corrected chi connectivity index (χ1v) is 9.89. The number of hydrogen-bond acceptors (Lipinski definition) is 4. The molecule has 2 heterocycles. The quantitative estimate of drug-likeness (QED) is 0.293. The maximum Gasteiger partial charge on any atom is 0.146 e. The van der Waals surface area contributed by atoms with Crippen LogP contribution in [0, 0.1) is 0 Å². The summed E-state index contributed by atoms with van der Waals surface area (Å²) in [6.45, 7) is 3.26. The zero-order valence-electron chi connectivity index (χ0n) is 10.5. The van der Waals surface area contributed by atoms with Crippen LogP contribution in [0.2, 0.25) is 0 Å². The van der Waals surface area contributed by atoms with E-state index in [-0.39, 0.29) is 5.75 Å². The van der Waals surface area contributed by atoms with E-state index in [1.807, 2.05) is 0 Å². The van der Waals surface area contributed by atoms with E-state index in [0.717, 1.165) is 39.8 Å². The predicted molar refractivity (Wildman–Crippen MR) is 96.9 cm³/mol. The van der Waals surface area contributed by atoms with Crippen molar-refractivity contribution >= 4 is 79.6 Å². The minimum absolute atomic E-state index is 0.164. The monoisotopic (exact) mass is 614 g/mol. The van der Waals surface area contributed by atoms with Gasteiger partial charge in [0.2, 0.25) is 0 Å². The van der Waals surface area contributed by atoms with E-state index in [0.29, 0.717) is 21.2 Å². The van der Waals surface area contributed by atoms with Gasteiger partial charge in [0.1, 0.15) is 18.0 Å². The number of benzene rings is 1. The highest BCUT2D eigenvalue weighted by molar-refractivity contribution is 9.15. The summed E-state index contributed by atoms with van der Waals surface area (Å²) in [4.78, 5) is 0. The zero-order valence-corrected chi connectivity index (χ0v) is 18.5. The Hall–Kier alpha value is 1.30. The molecule has 0 spiro atoms. The lowest BCUT2D eigenvalue weighted by Gasteiger charge is -2.07. The SMILES string of the molecule is C(OCC1CO1)C1CO1.Oc1c(Br)c(Br)c(Br)c(Br)c1Br. The number of aromatic hydroxyl groups is 1. The molecule has 2 atom stereocenters. The summed E-state index contributed by atoms with van der Waals surface area (Å²) in [7, 11) is 0. The summed E-state index contributed by atoms with van der Waals surface area (Å²) < 4.78 is 18.7. The minimum Gasteiger partial charge on any atom is -0.505 e. The number of hydrogen-bond donors (Lipinski definition) is 1. The highest BCUT2D eigenvalue weighted by Gasteiger charge is 2.26. The molecule has 1 N–H and O–H groups in total. The second kappa shape index (κ2) is 8.41. The highest BCUT2D eigenvalue weighted by atomic mass is 79.9. The number of phenolic OH excluding ortho intramolecular Hbond substituents is 1. The molecule has 2 aliphatic rings. The lowest BCUT2D eigenvalue weighted by atomic mass is 10.3. The summed E-state index contributed by atoms with van der Waals surface area (Å²) >= 11 is 16.4. The molecule has 21 heavy (non-hydrogen) atoms. The van der Waals surface area contributed by atoms with Crippen molar-refractivity contribution in [3.8, 4) is 5.75 Å². The molecule has 0 radical (unpaired) electrons. The van der Waals surface area contributed by atoms with Crippen molar-refractivity contribution in [3.63, 3.8) is 0 Å². The fourth-order valence-electron chi connectivity index (χ4n) is 1.25. The lowest BCUT2D eigenvalue weighted by molar-refractivity contribution is 0.102. The van der Waals surface area contributed by atoms with E-state index in [1.54, 1.807) is 0 Å². The number of epoxide rings is 2. The van der Waals surface area contributed by atoms with Gasteiger partial charge in [-0.25, -0.2) is 0 Å². The number of halogens is 5. The fraction of sp³-hybridized carbons (Fsp3) is 0.500. The van der Waals surface area contributed by atoms with E-state index >= 15 is 0 Å². The van der Waals surface area contributed by atoms with Crippen molar-refractivity contribution < 1.29 is 19.3 Å². The molecule has 9 heteroatoms. The molecule has 0 aliphatic carbocycles. The molecule has 1 aromatic carbocycles. The van der Waals surface area contributed by atoms with Crippen molar-refractivity contribution in [2.45, 2.75) is 12.2 Å². The van der Waals surface area contributed by atoms with Crippen LogP contribution in [-0.2, 0) is 14.2 Å². The molecule has 2 unspecified atom stereocenters. The molecule has 3 rings (SSSR count). The van der Waals surface area contributed by atoms with Gasteiger partial charge in [0, 0.05) is 4.47 Å². The number of rotatable bonds is 4. The molecule has 0 saturated carbocycles. The fourth-order valence-corrected chi connectivity index (χ4v) is 4.28. The van der Waals surface area contributed by atoms with Gasteiger partial charge in [-0.05, 0) is 79.6 Å². The maximum absolute atomic E-state index is 9.52. The van der Waals surface area contributed by atoms with E-state index in [4.69, 9.17) is 14.2 Å². The Morgan fingerprint density at radius 1 is 0.810 bits per heavy atom. The summed E-state index contributed by atoms with van der Waals surface area (Å²) in [5.41, 5.74) is 0. The van der Waals surface area contributed by atoms with Crippen LogP contribution in [-0.4, -0.2) is 43.7 Å². The standard InChI is InChI=1S/C6HBr5O.C6H10O3/c7-1-2(8)4(10)6(12)5(11)3(1)9;1(5-3-8-5)7-2-6-4-9-6/h12H;5-6H,1-4H2. The van der Waals surface area contributed by atoms with Gasteiger partial charge in [-0.15, -0.1) is 0 Å². The molecule has 2 aliphatic heterocycles. The number of phenols is 1. The van der Waals surface area contributed by atoms with Crippen LogP contribution in [0.25, 0.3) is 0 Å². The Morgan fingerprint density at radius 3 is 1.48 bits per heavy atom. The molecular formula is C12H11Br5O4. The van der Waals surface area contributed by atoms with Gasteiger partial charge in [-0.3, -0.25) is 0 Å². The van der Waals surface area contributed by atoms with Crippen LogP contribution < -0.4 is 0 Å². The number of ether oxygens (including phenoxy) is 3. The molecule has 118 valence electrons. The van der Waals surface area contributed by atoms with Gasteiger partial charge in [0.05, 0.1) is 44.3 Å². The Kier molecular flexibility index (Phi) is 7.47. The first-order valence-electron chi connectivity index (χ1n) is 5.93. The molecule has 0 amide bonds. The third kappa shape index (κ3) is 5.70. The Bertz CT molecular complexity index is 400. The third-order valence-corrected chi connectivity index (χ3v) is 8.65. The Morgan fingerprint density at radius 2 is 1.14 bits per heavy atom. The van der Waals surface area contributed by atoms with Crippen LogP contribution in [0.5, 0.6) is 5.75 Å². The maximum atomic E-state index is 9.52. The molecule has 2 saturated heterocycles. The van der Waals surface area contributed by atoms with Crippen molar-refractivity contribution in [2.24, 2.45) is 0 Å². The highest BCUT2D eigenvalue weighted by Crippen LogP contribution is 2.47. The van der Waals surface area contributed by atoms with Crippen molar-refractivity contribution in [1.82, 2.24) is 0 Å². The van der Waals surface area contributed by atoms with E-state index in [2.05, 4.69) is 79.6 Å². The molecule has 1 aromatic rings. The van der Waals surface area contributed by atoms with Crippen molar-refractivity contribution in [1.29, 1.82) is 0 Å². The van der Waals surface area contributed by atoms with Gasteiger partial charge < -0.3 is 19.3 Å². The normalized spacial score (nSPS) is 22.5. The third-order valence-electron chi connectivity index (χ3n) is 2.60. The van der Waals surface area contributed by atoms with Gasteiger partial charge in [0.15, 0.2) is 0 Å². The first kappa shape index (κ1) is 18.6. The molecule has 2 fully saturated rings. The second-order valence-electron chi connectivity index (χ2n) is 4.37. The van der Waals surface area contributed by atoms with Crippen LogP contribution in [0.4, 0.5) is 0 Å². The molecular weight excluding hydrogens is 608 g/mol. The van der Waals surface area contributed by atoms with Gasteiger partial charge in [-0.1, -0.05) is 0 Å². The van der Waals surface area contributed by atoms with Crippen LogP contribution >= 0.6 is 79.6 Å². The molecule has 0 bridgehead atoms. The largest absolute Gasteiger partial charge is 0.505 e. The summed E-state index contributed by atoms with van der Waals surface area (Å²) in [5.74, 6) is 0.164. The van der Waals surface area contributed by atoms with E-state index in [1.165, 1.54) is 0 Å². The predicted octanol–water partition coefficient (Wildman–Crippen LogP) is 5.01. The first-order chi connectivity index (χ1) is 9.91. The summed E-state index contributed by atoms with van der Waals surface area (Å²) in [6.07, 6.45) is 0.785. The van der Waals surface area contributed by atoms with Crippen molar-refractivity contribution in [2.75, 3.05) is 26.4 Å². The average molecular weight is 619 g/mol. The van der Waals surface area contributed by atoms with E-state index in [9.17, 15) is 5.11 Å². The molecule has 0 aromatic heterocycles. The smallest absolute Gasteiger partial charge is 0.146 e. The van der Waals surface area contributed by atoms with Gasteiger partial charge in [-0.2, -0.15) is 0 Å². The zero-order chi connectivity index (χ0) is 15.6. The Balaban J connectivity index is 0.000000159. The van der Waals surface area contributed by atoms with Gasteiger partial charge >= 0.3 is 0 Å². The van der Waals surface area contributed by atoms with Crippen molar-refractivity contribution in [3.05, 3.63) is 22.4 Å². The van der Waals surface area contributed by atoms with Crippen LogP contribution in [0.1, 0.15) is 0 Å². The lowest BCUT2D eigenvalue weighted by Crippen LogP contribution is -2.06. The summed E-state index contributed by atoms with van der Waals surface area (Å²) in [5, 5.41) is 9.52. The Labute approximate surface area is 164 Å². The second-order valence-corrected chi connectivity index (χ2v) is 8.33. The van der Waals surface area contributed by atoms with Crippen LogP contribution in [0.3, 0.4) is 0 Å². The average Bonchev–Trinajstić information content (AvgIpc) is 3.36. The molecule has 4 nitrogen and oxygen atoms in total. The topological polar surface area (TPSA) is 54.5 Å². The minimum atomic E-state index is 0.164. The van der Waals surface area contributed by atoms with E-state index < -0.39 is 0 Å². The summed E-state index contributed by atoms with van der Waals surface area (Å²) in [6, 6.07) is 0. The van der Waals surface area contributed by atoms with Crippen LogP contribution in [0.15, 0.2) is 22.4 Å².